The van der Waals surface area contributed by atoms with E-state index >= 15 is 0 Å². The molecule has 1 aliphatic rings. The Morgan fingerprint density at radius 2 is 2.13 bits per heavy atom. The van der Waals surface area contributed by atoms with Crippen molar-refractivity contribution in [3.63, 3.8) is 0 Å². The van der Waals surface area contributed by atoms with Gasteiger partial charge in [-0.2, -0.15) is 0 Å². The van der Waals surface area contributed by atoms with Crippen LogP contribution in [0.15, 0.2) is 9.59 Å². The fourth-order valence-corrected chi connectivity index (χ4v) is 1.59. The van der Waals surface area contributed by atoms with Crippen molar-refractivity contribution in [2.24, 2.45) is 0 Å². The van der Waals surface area contributed by atoms with Crippen molar-refractivity contribution in [3.8, 4) is 0 Å². The van der Waals surface area contributed by atoms with Crippen molar-refractivity contribution in [1.82, 2.24) is 15.0 Å². The minimum atomic E-state index is -0.516. The maximum atomic E-state index is 11.6. The summed E-state index contributed by atoms with van der Waals surface area (Å²) in [6.45, 7) is 1.26. The molecule has 7 heteroatoms. The number of nitrogens with zero attached hydrogens (tertiary/aromatic N) is 1. The Balaban J connectivity index is 0.00000112. The van der Waals surface area contributed by atoms with Gasteiger partial charge in [0.2, 0.25) is 0 Å². The summed E-state index contributed by atoms with van der Waals surface area (Å²) in [4.78, 5) is 30.3. The van der Waals surface area contributed by atoms with Crippen LogP contribution in [0.2, 0.25) is 0 Å². The number of aromatic nitrogens is 2. The van der Waals surface area contributed by atoms with E-state index in [4.69, 9.17) is 0 Å². The molecule has 1 aromatic rings. The third kappa shape index (κ3) is 1.91. The van der Waals surface area contributed by atoms with E-state index in [2.05, 4.69) is 15.1 Å². The predicted molar refractivity (Wildman–Crippen MR) is 56.5 cm³/mol. The van der Waals surface area contributed by atoms with Gasteiger partial charge in [0.1, 0.15) is 7.11 Å². The first kappa shape index (κ1) is 11.8. The summed E-state index contributed by atoms with van der Waals surface area (Å²) in [6.07, 6.45) is 0.671. The van der Waals surface area contributed by atoms with E-state index in [0.29, 0.717) is 24.2 Å². The topological polar surface area (TPSA) is 76.1 Å². The van der Waals surface area contributed by atoms with E-state index in [1.807, 2.05) is 0 Å². The molecule has 0 aromatic carbocycles. The minimum absolute atomic E-state index is 0. The quantitative estimate of drug-likeness (QED) is 0.630. The van der Waals surface area contributed by atoms with Gasteiger partial charge in [-0.3, -0.25) is 4.79 Å². The maximum absolute atomic E-state index is 11.6. The molecule has 2 heterocycles. The highest BCUT2D eigenvalue weighted by molar-refractivity contribution is 5.85. The second kappa shape index (κ2) is 4.50. The zero-order chi connectivity index (χ0) is 10.1. The second-order valence-electron chi connectivity index (χ2n) is 3.10. The Morgan fingerprint density at radius 1 is 1.40 bits per heavy atom. The monoisotopic (exact) mass is 233 g/mol. The summed E-state index contributed by atoms with van der Waals surface area (Å²) in [6, 6.07) is 0. The molecule has 0 unspecified atom stereocenters. The van der Waals surface area contributed by atoms with Crippen LogP contribution >= 0.6 is 12.4 Å². The number of hydrogen-bond donors (Lipinski definition) is 2. The second-order valence-corrected chi connectivity index (χ2v) is 3.10. The highest BCUT2D eigenvalue weighted by atomic mass is 35.5. The van der Waals surface area contributed by atoms with Gasteiger partial charge in [-0.15, -0.1) is 12.4 Å². The van der Waals surface area contributed by atoms with Crippen molar-refractivity contribution < 1.29 is 4.84 Å². The Bertz CT molecular complexity index is 465. The van der Waals surface area contributed by atoms with Gasteiger partial charge in [-0.25, -0.2) is 4.79 Å². The summed E-state index contributed by atoms with van der Waals surface area (Å²) in [7, 11) is 1.29. The molecule has 0 fully saturated rings. The number of aromatic amines is 1. The molecule has 0 amide bonds. The zero-order valence-corrected chi connectivity index (χ0v) is 9.02. The van der Waals surface area contributed by atoms with Crippen LogP contribution in [0.1, 0.15) is 11.3 Å². The molecular formula is C8H12ClN3O3. The Hall–Kier alpha value is -1.27. The lowest BCUT2D eigenvalue weighted by Gasteiger charge is -2.16. The van der Waals surface area contributed by atoms with E-state index in [9.17, 15) is 9.59 Å². The first-order valence-corrected chi connectivity index (χ1v) is 4.36. The molecule has 0 saturated heterocycles. The molecule has 6 nitrogen and oxygen atoms in total. The van der Waals surface area contributed by atoms with Crippen LogP contribution in [-0.2, 0) is 13.0 Å². The standard InChI is InChI=1S/C8H11N3O3.ClH/c1-14-11-7(12)5-4-9-3-2-6(5)10-8(11)13;/h9H,2-4H2,1H3,(H,10,13);1H. The van der Waals surface area contributed by atoms with Crippen LogP contribution in [0.4, 0.5) is 0 Å². The summed E-state index contributed by atoms with van der Waals surface area (Å²) in [5, 5.41) is 3.06. The van der Waals surface area contributed by atoms with E-state index in [-0.39, 0.29) is 18.0 Å². The number of rotatable bonds is 1. The molecule has 1 aliphatic heterocycles. The van der Waals surface area contributed by atoms with Gasteiger partial charge < -0.3 is 15.1 Å². The van der Waals surface area contributed by atoms with Gasteiger partial charge in [0.15, 0.2) is 0 Å². The van der Waals surface area contributed by atoms with Crippen molar-refractivity contribution in [2.75, 3.05) is 13.7 Å². The van der Waals surface area contributed by atoms with Gasteiger partial charge in [0, 0.05) is 25.2 Å². The van der Waals surface area contributed by atoms with Gasteiger partial charge >= 0.3 is 5.69 Å². The first-order valence-electron chi connectivity index (χ1n) is 4.36. The third-order valence-corrected chi connectivity index (χ3v) is 2.29. The lowest BCUT2D eigenvalue weighted by Crippen LogP contribution is -2.44. The number of halogens is 1. The van der Waals surface area contributed by atoms with Gasteiger partial charge in [-0.1, -0.05) is 4.73 Å². The fraction of sp³-hybridized carbons (Fsp3) is 0.500. The fourth-order valence-electron chi connectivity index (χ4n) is 1.59. The van der Waals surface area contributed by atoms with Gasteiger partial charge in [0.05, 0.1) is 5.56 Å². The molecule has 0 saturated carbocycles. The largest absolute Gasteiger partial charge is 0.409 e. The predicted octanol–water partition coefficient (Wildman–Crippen LogP) is -1.34. The maximum Gasteiger partial charge on any atom is 0.362 e. The average Bonchev–Trinajstić information content (AvgIpc) is 2.18. The number of H-pyrrole nitrogens is 1. The summed E-state index contributed by atoms with van der Waals surface area (Å²) >= 11 is 0. The van der Waals surface area contributed by atoms with Crippen molar-refractivity contribution in [3.05, 3.63) is 32.1 Å². The molecule has 0 bridgehead atoms. The van der Waals surface area contributed by atoms with Gasteiger partial charge in [0.25, 0.3) is 5.56 Å². The first-order chi connectivity index (χ1) is 6.74. The molecule has 2 N–H and O–H groups in total. The van der Waals surface area contributed by atoms with E-state index in [1.165, 1.54) is 7.11 Å². The molecule has 0 radical (unpaired) electrons. The van der Waals surface area contributed by atoms with Crippen LogP contribution < -0.4 is 21.4 Å². The summed E-state index contributed by atoms with van der Waals surface area (Å²) in [5.74, 6) is 0. The molecule has 84 valence electrons. The van der Waals surface area contributed by atoms with Crippen molar-refractivity contribution in [1.29, 1.82) is 0 Å². The van der Waals surface area contributed by atoms with Gasteiger partial charge in [-0.05, 0) is 0 Å². The molecule has 0 spiro atoms. The van der Waals surface area contributed by atoms with Crippen LogP contribution in [0.5, 0.6) is 0 Å². The summed E-state index contributed by atoms with van der Waals surface area (Å²) < 4.78 is 0.728. The van der Waals surface area contributed by atoms with E-state index in [0.717, 1.165) is 11.3 Å². The smallest absolute Gasteiger partial charge is 0.362 e. The lowest BCUT2D eigenvalue weighted by molar-refractivity contribution is 0.142. The van der Waals surface area contributed by atoms with Crippen LogP contribution in [0.3, 0.4) is 0 Å². The normalized spacial score (nSPS) is 13.9. The zero-order valence-electron chi connectivity index (χ0n) is 8.20. The molecular weight excluding hydrogens is 222 g/mol. The molecule has 0 aliphatic carbocycles. The molecule has 2 rings (SSSR count). The van der Waals surface area contributed by atoms with E-state index in [1.54, 1.807) is 0 Å². The molecule has 0 atom stereocenters. The average molecular weight is 234 g/mol. The lowest BCUT2D eigenvalue weighted by atomic mass is 10.1. The molecule has 15 heavy (non-hydrogen) atoms. The highest BCUT2D eigenvalue weighted by Crippen LogP contribution is 2.02. The SMILES string of the molecule is COn1c(=O)[nH]c2c(c1=O)CNCC2.Cl. The van der Waals surface area contributed by atoms with Crippen molar-refractivity contribution >= 4 is 12.4 Å². The summed E-state index contributed by atoms with van der Waals surface area (Å²) in [5.41, 5.74) is 0.404. The minimum Gasteiger partial charge on any atom is -0.409 e. The van der Waals surface area contributed by atoms with Crippen LogP contribution in [0.25, 0.3) is 0 Å². The molecule has 1 aromatic heterocycles. The third-order valence-electron chi connectivity index (χ3n) is 2.29. The Labute approximate surface area is 91.6 Å². The highest BCUT2D eigenvalue weighted by Gasteiger charge is 2.16. The number of hydrogen-bond acceptors (Lipinski definition) is 4. The van der Waals surface area contributed by atoms with E-state index < -0.39 is 5.69 Å². The Kier molecular flexibility index (Phi) is 3.54. The Morgan fingerprint density at radius 3 is 2.80 bits per heavy atom. The van der Waals surface area contributed by atoms with Crippen LogP contribution in [0, 0.1) is 0 Å². The number of nitrogens with one attached hydrogen (secondary N) is 2. The van der Waals surface area contributed by atoms with Crippen LogP contribution in [-0.4, -0.2) is 23.4 Å². The number of fused-ring (bicyclic) bond motifs is 1. The van der Waals surface area contributed by atoms with Crippen molar-refractivity contribution in [2.45, 2.75) is 13.0 Å².